The van der Waals surface area contributed by atoms with Crippen LogP contribution in [0.25, 0.3) is 0 Å². The molecule has 1 aromatic heterocycles. The standard InChI is InChI=1S/C12H22N4O/c1-5-10-15-11(13-3)9(2)12(16-10)14-7-6-8-17-4/h5-8H2,1-4H3,(H2,13,14,15,16). The minimum absolute atomic E-state index is 0.761. The van der Waals surface area contributed by atoms with Crippen LogP contribution in [0, 0.1) is 6.92 Å². The first-order valence-electron chi connectivity index (χ1n) is 6.01. The maximum atomic E-state index is 5.01. The Balaban J connectivity index is 2.75. The van der Waals surface area contributed by atoms with Crippen LogP contribution in [0.2, 0.25) is 0 Å². The van der Waals surface area contributed by atoms with E-state index in [-0.39, 0.29) is 0 Å². The molecule has 0 radical (unpaired) electrons. The number of hydrogen-bond acceptors (Lipinski definition) is 5. The molecule has 0 amide bonds. The Bertz CT molecular complexity index is 355. The highest BCUT2D eigenvalue weighted by molar-refractivity contribution is 5.56. The van der Waals surface area contributed by atoms with Crippen LogP contribution in [-0.2, 0) is 11.2 Å². The first-order valence-corrected chi connectivity index (χ1v) is 6.01. The third-order valence-electron chi connectivity index (χ3n) is 2.56. The maximum absolute atomic E-state index is 5.01. The zero-order valence-electron chi connectivity index (χ0n) is 11.1. The molecule has 0 aromatic carbocycles. The largest absolute Gasteiger partial charge is 0.385 e. The Hall–Kier alpha value is -1.36. The van der Waals surface area contributed by atoms with E-state index >= 15 is 0 Å². The Kier molecular flexibility index (Phi) is 5.69. The van der Waals surface area contributed by atoms with Crippen LogP contribution in [0.15, 0.2) is 0 Å². The molecule has 0 fully saturated rings. The summed E-state index contributed by atoms with van der Waals surface area (Å²) in [6.07, 6.45) is 1.80. The number of aromatic nitrogens is 2. The van der Waals surface area contributed by atoms with Gasteiger partial charge in [0.05, 0.1) is 0 Å². The van der Waals surface area contributed by atoms with Crippen molar-refractivity contribution in [3.05, 3.63) is 11.4 Å². The van der Waals surface area contributed by atoms with Gasteiger partial charge < -0.3 is 15.4 Å². The number of aryl methyl sites for hydroxylation is 1. The van der Waals surface area contributed by atoms with Crippen molar-refractivity contribution in [2.45, 2.75) is 26.7 Å². The van der Waals surface area contributed by atoms with Crippen molar-refractivity contribution >= 4 is 11.6 Å². The van der Waals surface area contributed by atoms with Crippen molar-refractivity contribution in [2.75, 3.05) is 37.9 Å². The number of anilines is 2. The molecule has 96 valence electrons. The molecule has 0 aliphatic carbocycles. The van der Waals surface area contributed by atoms with Crippen molar-refractivity contribution in [2.24, 2.45) is 0 Å². The van der Waals surface area contributed by atoms with Crippen molar-refractivity contribution < 1.29 is 4.74 Å². The van der Waals surface area contributed by atoms with Gasteiger partial charge >= 0.3 is 0 Å². The van der Waals surface area contributed by atoms with Crippen molar-refractivity contribution in [3.63, 3.8) is 0 Å². The molecule has 17 heavy (non-hydrogen) atoms. The smallest absolute Gasteiger partial charge is 0.134 e. The summed E-state index contributed by atoms with van der Waals surface area (Å²) in [5.74, 6) is 2.66. The van der Waals surface area contributed by atoms with Gasteiger partial charge in [-0.3, -0.25) is 0 Å². The molecule has 2 N–H and O–H groups in total. The molecule has 0 saturated carbocycles. The van der Waals surface area contributed by atoms with E-state index in [1.54, 1.807) is 7.11 Å². The lowest BCUT2D eigenvalue weighted by atomic mass is 10.3. The summed E-state index contributed by atoms with van der Waals surface area (Å²) in [7, 11) is 3.59. The number of ether oxygens (including phenoxy) is 1. The van der Waals surface area contributed by atoms with Gasteiger partial charge in [0.25, 0.3) is 0 Å². The number of methoxy groups -OCH3 is 1. The minimum Gasteiger partial charge on any atom is -0.385 e. The van der Waals surface area contributed by atoms with Gasteiger partial charge in [0.15, 0.2) is 0 Å². The van der Waals surface area contributed by atoms with Crippen molar-refractivity contribution in [1.29, 1.82) is 0 Å². The molecule has 1 rings (SSSR count). The molecule has 0 aliphatic heterocycles. The summed E-state index contributed by atoms with van der Waals surface area (Å²) in [6.45, 7) is 5.69. The second-order valence-corrected chi connectivity index (χ2v) is 3.84. The highest BCUT2D eigenvalue weighted by atomic mass is 16.5. The fourth-order valence-electron chi connectivity index (χ4n) is 1.56. The van der Waals surface area contributed by atoms with Crippen LogP contribution >= 0.6 is 0 Å². The summed E-state index contributed by atoms with van der Waals surface area (Å²) in [5.41, 5.74) is 1.06. The molecule has 0 unspecified atom stereocenters. The normalized spacial score (nSPS) is 10.4. The predicted octanol–water partition coefficient (Wildman–Crippen LogP) is 1.84. The van der Waals surface area contributed by atoms with E-state index in [1.165, 1.54) is 0 Å². The third kappa shape index (κ3) is 3.85. The number of nitrogens with one attached hydrogen (secondary N) is 2. The Morgan fingerprint density at radius 1 is 1.24 bits per heavy atom. The van der Waals surface area contributed by atoms with Gasteiger partial charge in [-0.05, 0) is 13.3 Å². The van der Waals surface area contributed by atoms with Crippen LogP contribution in [0.4, 0.5) is 11.6 Å². The first kappa shape index (κ1) is 13.7. The topological polar surface area (TPSA) is 59.1 Å². The SMILES string of the molecule is CCc1nc(NC)c(C)c(NCCCOC)n1. The molecule has 1 aromatic rings. The van der Waals surface area contributed by atoms with Crippen LogP contribution in [0.3, 0.4) is 0 Å². The summed E-state index contributed by atoms with van der Waals surface area (Å²) >= 11 is 0. The van der Waals surface area contributed by atoms with E-state index in [0.717, 1.165) is 49.0 Å². The lowest BCUT2D eigenvalue weighted by molar-refractivity contribution is 0.197. The van der Waals surface area contributed by atoms with Crippen LogP contribution < -0.4 is 10.6 Å². The first-order chi connectivity index (χ1) is 8.22. The van der Waals surface area contributed by atoms with E-state index < -0.39 is 0 Å². The lowest BCUT2D eigenvalue weighted by Crippen LogP contribution is -2.11. The summed E-state index contributed by atoms with van der Waals surface area (Å²) in [6, 6.07) is 0. The molecular weight excluding hydrogens is 216 g/mol. The quantitative estimate of drug-likeness (QED) is 0.710. The van der Waals surface area contributed by atoms with Gasteiger partial charge in [0.2, 0.25) is 0 Å². The van der Waals surface area contributed by atoms with E-state index in [9.17, 15) is 0 Å². The highest BCUT2D eigenvalue weighted by Gasteiger charge is 2.08. The average molecular weight is 238 g/mol. The van der Waals surface area contributed by atoms with Crippen molar-refractivity contribution in [3.8, 4) is 0 Å². The highest BCUT2D eigenvalue weighted by Crippen LogP contribution is 2.19. The molecule has 0 spiro atoms. The monoisotopic (exact) mass is 238 g/mol. The van der Waals surface area contributed by atoms with E-state index in [0.29, 0.717) is 0 Å². The third-order valence-corrected chi connectivity index (χ3v) is 2.56. The second kappa shape index (κ2) is 7.06. The molecule has 5 heteroatoms. The fourth-order valence-corrected chi connectivity index (χ4v) is 1.56. The lowest BCUT2D eigenvalue weighted by Gasteiger charge is -2.13. The summed E-state index contributed by atoms with van der Waals surface area (Å²) in [5, 5.41) is 6.42. The predicted molar refractivity (Wildman–Crippen MR) is 70.7 cm³/mol. The zero-order valence-corrected chi connectivity index (χ0v) is 11.1. The maximum Gasteiger partial charge on any atom is 0.134 e. The molecule has 0 bridgehead atoms. The average Bonchev–Trinajstić information content (AvgIpc) is 2.36. The van der Waals surface area contributed by atoms with Gasteiger partial charge in [0, 0.05) is 39.3 Å². The summed E-state index contributed by atoms with van der Waals surface area (Å²) < 4.78 is 5.01. The molecule has 0 aliphatic rings. The van der Waals surface area contributed by atoms with E-state index in [2.05, 4.69) is 27.5 Å². The van der Waals surface area contributed by atoms with Crippen LogP contribution in [0.1, 0.15) is 24.7 Å². The number of rotatable bonds is 7. The van der Waals surface area contributed by atoms with Gasteiger partial charge in [-0.2, -0.15) is 0 Å². The Morgan fingerprint density at radius 3 is 2.53 bits per heavy atom. The van der Waals surface area contributed by atoms with Crippen LogP contribution in [-0.4, -0.2) is 37.3 Å². The van der Waals surface area contributed by atoms with Gasteiger partial charge in [0.1, 0.15) is 17.5 Å². The van der Waals surface area contributed by atoms with E-state index in [4.69, 9.17) is 4.74 Å². The molecule has 0 saturated heterocycles. The Labute approximate surface area is 103 Å². The van der Waals surface area contributed by atoms with Crippen molar-refractivity contribution in [1.82, 2.24) is 9.97 Å². The van der Waals surface area contributed by atoms with Gasteiger partial charge in [-0.25, -0.2) is 9.97 Å². The minimum atomic E-state index is 0.761. The molecule has 1 heterocycles. The Morgan fingerprint density at radius 2 is 1.94 bits per heavy atom. The van der Waals surface area contributed by atoms with Gasteiger partial charge in [-0.1, -0.05) is 6.92 Å². The van der Waals surface area contributed by atoms with E-state index in [1.807, 2.05) is 14.0 Å². The van der Waals surface area contributed by atoms with Crippen LogP contribution in [0.5, 0.6) is 0 Å². The van der Waals surface area contributed by atoms with Gasteiger partial charge in [-0.15, -0.1) is 0 Å². The number of hydrogen-bond donors (Lipinski definition) is 2. The molecular formula is C12H22N4O. The summed E-state index contributed by atoms with van der Waals surface area (Å²) in [4.78, 5) is 8.92. The fraction of sp³-hybridized carbons (Fsp3) is 0.667. The molecule has 5 nitrogen and oxygen atoms in total. The second-order valence-electron chi connectivity index (χ2n) is 3.84. The molecule has 0 atom stereocenters. The number of nitrogens with zero attached hydrogens (tertiary/aromatic N) is 2. The zero-order chi connectivity index (χ0) is 12.7.